The smallest absolute Gasteiger partial charge is 0.252 e. The Labute approximate surface area is 164 Å². The number of likely N-dealkylation sites (tertiary alicyclic amines) is 1. The number of aromatic nitrogens is 4. The molecule has 146 valence electrons. The molecule has 0 saturated carbocycles. The Bertz CT molecular complexity index is 972. The van der Waals surface area contributed by atoms with E-state index in [-0.39, 0.29) is 5.91 Å². The Hall–Kier alpha value is -2.80. The number of hydrogen-bond acceptors (Lipinski definition) is 5. The molecule has 0 atom stereocenters. The Balaban J connectivity index is 1.34. The van der Waals surface area contributed by atoms with Gasteiger partial charge in [-0.2, -0.15) is 10.1 Å². The molecule has 0 radical (unpaired) electrons. The average Bonchev–Trinajstić information content (AvgIpc) is 3.35. The maximum absolute atomic E-state index is 12.4. The molecule has 0 spiro atoms. The van der Waals surface area contributed by atoms with E-state index in [2.05, 4.69) is 37.4 Å². The summed E-state index contributed by atoms with van der Waals surface area (Å²) in [6.07, 6.45) is 5.12. The molecule has 0 bridgehead atoms. The van der Waals surface area contributed by atoms with Crippen molar-refractivity contribution in [1.82, 2.24) is 24.5 Å². The van der Waals surface area contributed by atoms with Crippen molar-refractivity contribution in [3.05, 3.63) is 53.1 Å². The topological polar surface area (TPSA) is 75.4 Å². The minimum Gasteiger partial charge on any atom is -0.326 e. The second-order valence-corrected chi connectivity index (χ2v) is 7.46. The zero-order valence-electron chi connectivity index (χ0n) is 16.5. The molecule has 1 aromatic carbocycles. The lowest BCUT2D eigenvalue weighted by molar-refractivity contribution is -0.116. The third-order valence-electron chi connectivity index (χ3n) is 5.43. The quantitative estimate of drug-likeness (QED) is 0.714. The van der Waals surface area contributed by atoms with Gasteiger partial charge in [0.2, 0.25) is 5.91 Å². The minimum atomic E-state index is 0.00443. The van der Waals surface area contributed by atoms with Gasteiger partial charge >= 0.3 is 0 Å². The highest BCUT2D eigenvalue weighted by Crippen LogP contribution is 2.17. The fourth-order valence-corrected chi connectivity index (χ4v) is 3.87. The molecule has 1 saturated heterocycles. The lowest BCUT2D eigenvalue weighted by Gasteiger charge is -2.15. The molecule has 1 aliphatic rings. The van der Waals surface area contributed by atoms with Gasteiger partial charge in [-0.25, -0.2) is 9.50 Å². The summed E-state index contributed by atoms with van der Waals surface area (Å²) in [6, 6.07) is 8.18. The predicted molar refractivity (Wildman–Crippen MR) is 108 cm³/mol. The van der Waals surface area contributed by atoms with Gasteiger partial charge in [0.15, 0.2) is 0 Å². The van der Waals surface area contributed by atoms with Gasteiger partial charge in [0.05, 0.1) is 0 Å². The number of benzene rings is 1. The lowest BCUT2D eigenvalue weighted by atomic mass is 10.1. The number of amides is 1. The highest BCUT2D eigenvalue weighted by Gasteiger charge is 2.13. The van der Waals surface area contributed by atoms with Crippen LogP contribution in [0, 0.1) is 13.8 Å². The number of nitrogens with zero attached hydrogens (tertiary/aromatic N) is 5. The van der Waals surface area contributed by atoms with E-state index in [4.69, 9.17) is 0 Å². The highest BCUT2D eigenvalue weighted by atomic mass is 16.1. The lowest BCUT2D eigenvalue weighted by Crippen LogP contribution is -2.18. The number of fused-ring (bicyclic) bond motifs is 1. The summed E-state index contributed by atoms with van der Waals surface area (Å²) in [6.45, 7) is 7.31. The average molecular weight is 378 g/mol. The predicted octanol–water partition coefficient (Wildman–Crippen LogP) is 2.91. The maximum atomic E-state index is 12.4. The van der Waals surface area contributed by atoms with Crippen LogP contribution in [-0.2, 0) is 17.8 Å². The third-order valence-corrected chi connectivity index (χ3v) is 5.43. The Morgan fingerprint density at radius 2 is 1.89 bits per heavy atom. The van der Waals surface area contributed by atoms with Crippen molar-refractivity contribution in [2.75, 3.05) is 18.4 Å². The van der Waals surface area contributed by atoms with Gasteiger partial charge in [-0.15, -0.1) is 0 Å². The molecule has 4 rings (SSSR count). The summed E-state index contributed by atoms with van der Waals surface area (Å²) in [7, 11) is 0. The van der Waals surface area contributed by atoms with Gasteiger partial charge in [-0.1, -0.05) is 12.1 Å². The molecule has 3 heterocycles. The number of carbonyl (C=O) groups excluding carboxylic acids is 1. The third kappa shape index (κ3) is 4.04. The van der Waals surface area contributed by atoms with Crippen LogP contribution < -0.4 is 5.32 Å². The fraction of sp³-hybridized carbons (Fsp3) is 0.429. The monoisotopic (exact) mass is 378 g/mol. The van der Waals surface area contributed by atoms with E-state index in [1.165, 1.54) is 37.8 Å². The molecule has 1 fully saturated rings. The zero-order valence-corrected chi connectivity index (χ0v) is 16.5. The first kappa shape index (κ1) is 18.6. The molecule has 3 aromatic rings. The SMILES string of the molecule is Cc1nc2ncnn2c(C)c1CCC(=O)Nc1ccc(CN2CCCC2)cc1. The molecule has 1 aliphatic heterocycles. The van der Waals surface area contributed by atoms with Gasteiger partial charge in [0.25, 0.3) is 5.78 Å². The van der Waals surface area contributed by atoms with Gasteiger partial charge in [0, 0.05) is 30.0 Å². The fourth-order valence-electron chi connectivity index (χ4n) is 3.87. The first-order valence-electron chi connectivity index (χ1n) is 9.87. The van der Waals surface area contributed by atoms with E-state index in [1.807, 2.05) is 26.0 Å². The van der Waals surface area contributed by atoms with Gasteiger partial charge in [0.1, 0.15) is 6.33 Å². The number of nitrogens with one attached hydrogen (secondary N) is 1. The van der Waals surface area contributed by atoms with Crippen molar-refractivity contribution in [3.63, 3.8) is 0 Å². The highest BCUT2D eigenvalue weighted by molar-refractivity contribution is 5.90. The molecule has 1 N–H and O–H groups in total. The first-order chi connectivity index (χ1) is 13.6. The Kier molecular flexibility index (Phi) is 5.34. The van der Waals surface area contributed by atoms with Crippen LogP contribution in [0.1, 0.15) is 41.8 Å². The van der Waals surface area contributed by atoms with Crippen molar-refractivity contribution in [2.45, 2.75) is 46.1 Å². The minimum absolute atomic E-state index is 0.00443. The molecule has 0 aliphatic carbocycles. The normalized spacial score (nSPS) is 14.6. The van der Waals surface area contributed by atoms with Gasteiger partial charge in [-0.3, -0.25) is 9.69 Å². The summed E-state index contributed by atoms with van der Waals surface area (Å²) in [5.41, 5.74) is 5.07. The molecule has 2 aromatic heterocycles. The summed E-state index contributed by atoms with van der Waals surface area (Å²) in [5, 5.41) is 7.20. The standard InChI is InChI=1S/C21H26N6O/c1-15-19(16(2)27-21(24-15)22-14-23-27)9-10-20(28)25-18-7-5-17(6-8-18)13-26-11-3-4-12-26/h5-8,14H,3-4,9-13H2,1-2H3,(H,25,28). The second kappa shape index (κ2) is 8.06. The Morgan fingerprint density at radius 1 is 1.14 bits per heavy atom. The van der Waals surface area contributed by atoms with E-state index in [1.54, 1.807) is 4.52 Å². The van der Waals surface area contributed by atoms with Crippen molar-refractivity contribution in [2.24, 2.45) is 0 Å². The molecule has 7 nitrogen and oxygen atoms in total. The van der Waals surface area contributed by atoms with Crippen LogP contribution in [0.3, 0.4) is 0 Å². The van der Waals surface area contributed by atoms with E-state index in [0.717, 1.165) is 29.2 Å². The van der Waals surface area contributed by atoms with E-state index in [0.29, 0.717) is 18.6 Å². The van der Waals surface area contributed by atoms with E-state index < -0.39 is 0 Å². The van der Waals surface area contributed by atoms with Crippen molar-refractivity contribution < 1.29 is 4.79 Å². The Morgan fingerprint density at radius 3 is 2.64 bits per heavy atom. The molecule has 0 unspecified atom stereocenters. The van der Waals surface area contributed by atoms with E-state index >= 15 is 0 Å². The molecule has 7 heteroatoms. The van der Waals surface area contributed by atoms with Crippen LogP contribution in [0.5, 0.6) is 0 Å². The van der Waals surface area contributed by atoms with Gasteiger partial charge in [-0.05, 0) is 69.5 Å². The molecule has 1 amide bonds. The number of anilines is 1. The summed E-state index contributed by atoms with van der Waals surface area (Å²) in [5.74, 6) is 0.599. The molecular weight excluding hydrogens is 352 g/mol. The first-order valence-corrected chi connectivity index (χ1v) is 9.87. The number of hydrogen-bond donors (Lipinski definition) is 1. The van der Waals surface area contributed by atoms with Gasteiger partial charge < -0.3 is 5.32 Å². The molecule has 28 heavy (non-hydrogen) atoms. The van der Waals surface area contributed by atoms with Crippen LogP contribution in [0.2, 0.25) is 0 Å². The van der Waals surface area contributed by atoms with Crippen molar-refractivity contribution >= 4 is 17.4 Å². The van der Waals surface area contributed by atoms with Crippen LogP contribution in [-0.4, -0.2) is 43.5 Å². The number of aryl methyl sites for hydroxylation is 2. The van der Waals surface area contributed by atoms with Crippen LogP contribution in [0.15, 0.2) is 30.6 Å². The van der Waals surface area contributed by atoms with Crippen molar-refractivity contribution in [3.8, 4) is 0 Å². The van der Waals surface area contributed by atoms with Crippen LogP contribution in [0.4, 0.5) is 5.69 Å². The van der Waals surface area contributed by atoms with Crippen molar-refractivity contribution in [1.29, 1.82) is 0 Å². The summed E-state index contributed by atoms with van der Waals surface area (Å²) >= 11 is 0. The second-order valence-electron chi connectivity index (χ2n) is 7.46. The zero-order chi connectivity index (χ0) is 19.5. The molecular formula is C21H26N6O. The summed E-state index contributed by atoms with van der Waals surface area (Å²) in [4.78, 5) is 23.5. The number of rotatable bonds is 6. The van der Waals surface area contributed by atoms with Crippen LogP contribution >= 0.6 is 0 Å². The summed E-state index contributed by atoms with van der Waals surface area (Å²) < 4.78 is 1.72. The van der Waals surface area contributed by atoms with Crippen LogP contribution in [0.25, 0.3) is 5.78 Å². The maximum Gasteiger partial charge on any atom is 0.252 e. The number of carbonyl (C=O) groups is 1. The largest absolute Gasteiger partial charge is 0.326 e. The van der Waals surface area contributed by atoms with E-state index in [9.17, 15) is 4.79 Å².